The van der Waals surface area contributed by atoms with Gasteiger partial charge >= 0.3 is 12.2 Å². The molecule has 1 unspecified atom stereocenters. The van der Waals surface area contributed by atoms with Crippen LogP contribution in [0.5, 0.6) is 0 Å². The molecule has 1 aromatic carbocycles. The van der Waals surface area contributed by atoms with Crippen LogP contribution in [0.4, 0.5) is 23.7 Å². The van der Waals surface area contributed by atoms with E-state index in [2.05, 4.69) is 10.6 Å². The van der Waals surface area contributed by atoms with Gasteiger partial charge in [0.2, 0.25) is 0 Å². The smallest absolute Gasteiger partial charge is 0.338 e. The van der Waals surface area contributed by atoms with Crippen molar-refractivity contribution in [1.29, 1.82) is 0 Å². The summed E-state index contributed by atoms with van der Waals surface area (Å²) in [5.41, 5.74) is 4.35. The van der Waals surface area contributed by atoms with Crippen LogP contribution in [0.3, 0.4) is 0 Å². The highest BCUT2D eigenvalue weighted by Crippen LogP contribution is 2.34. The van der Waals surface area contributed by atoms with Crippen molar-refractivity contribution in [2.24, 2.45) is 11.7 Å². The number of anilines is 1. The molecule has 118 valence electrons. The summed E-state index contributed by atoms with van der Waals surface area (Å²) in [4.78, 5) is 11.6. The maximum atomic E-state index is 12.7. The largest absolute Gasteiger partial charge is 0.418 e. The fourth-order valence-electron chi connectivity index (χ4n) is 1.78. The standard InChI is InChI=1S/C14H20F3N3O/c1-10(9-18)5-4-8-19-13(21)20-12-7-3-2-6-11(12)14(15,16)17/h2-3,6-7,10H,4-5,8-9,18H2,1H3,(H2,19,20,21). The number of hydrogen-bond donors (Lipinski definition) is 3. The van der Waals surface area contributed by atoms with Crippen molar-refractivity contribution in [2.45, 2.75) is 25.9 Å². The molecule has 7 heteroatoms. The van der Waals surface area contributed by atoms with Crippen molar-refractivity contribution in [3.05, 3.63) is 29.8 Å². The normalized spacial score (nSPS) is 12.8. The van der Waals surface area contributed by atoms with E-state index < -0.39 is 17.8 Å². The number of hydrogen-bond acceptors (Lipinski definition) is 2. The van der Waals surface area contributed by atoms with E-state index in [0.29, 0.717) is 19.0 Å². The zero-order chi connectivity index (χ0) is 15.9. The third-order valence-electron chi connectivity index (χ3n) is 3.04. The second-order valence-electron chi connectivity index (χ2n) is 4.91. The number of carbonyl (C=O) groups excluding carboxylic acids is 1. The Morgan fingerprint density at radius 1 is 1.33 bits per heavy atom. The van der Waals surface area contributed by atoms with Crippen LogP contribution in [-0.2, 0) is 6.18 Å². The molecular formula is C14H20F3N3O. The molecule has 4 nitrogen and oxygen atoms in total. The number of carbonyl (C=O) groups is 1. The number of nitrogens with two attached hydrogens (primary N) is 1. The van der Waals surface area contributed by atoms with Gasteiger partial charge in [0, 0.05) is 6.54 Å². The van der Waals surface area contributed by atoms with E-state index in [0.717, 1.165) is 18.9 Å². The van der Waals surface area contributed by atoms with Crippen LogP contribution in [0.1, 0.15) is 25.3 Å². The molecule has 0 bridgehead atoms. The molecule has 0 heterocycles. The summed E-state index contributed by atoms with van der Waals surface area (Å²) in [7, 11) is 0. The third-order valence-corrected chi connectivity index (χ3v) is 3.04. The lowest BCUT2D eigenvalue weighted by molar-refractivity contribution is -0.136. The summed E-state index contributed by atoms with van der Waals surface area (Å²) >= 11 is 0. The summed E-state index contributed by atoms with van der Waals surface area (Å²) < 4.78 is 38.2. The summed E-state index contributed by atoms with van der Waals surface area (Å²) in [6.07, 6.45) is -2.91. The zero-order valence-electron chi connectivity index (χ0n) is 11.8. The highest BCUT2D eigenvalue weighted by molar-refractivity contribution is 5.90. The fraction of sp³-hybridized carbons (Fsp3) is 0.500. The molecule has 1 rings (SSSR count). The lowest BCUT2D eigenvalue weighted by Gasteiger charge is -2.14. The van der Waals surface area contributed by atoms with Gasteiger partial charge in [-0.3, -0.25) is 0 Å². The van der Waals surface area contributed by atoms with Crippen LogP contribution in [0, 0.1) is 5.92 Å². The van der Waals surface area contributed by atoms with E-state index >= 15 is 0 Å². The first-order valence-corrected chi connectivity index (χ1v) is 6.75. The van der Waals surface area contributed by atoms with Crippen LogP contribution in [0.25, 0.3) is 0 Å². The van der Waals surface area contributed by atoms with E-state index in [1.165, 1.54) is 18.2 Å². The second kappa shape index (κ2) is 7.87. The molecule has 2 amide bonds. The molecule has 0 aliphatic rings. The highest BCUT2D eigenvalue weighted by Gasteiger charge is 2.33. The van der Waals surface area contributed by atoms with Gasteiger partial charge in [0.1, 0.15) is 0 Å². The predicted octanol–water partition coefficient (Wildman–Crippen LogP) is 3.20. The number of urea groups is 1. The van der Waals surface area contributed by atoms with Crippen molar-refractivity contribution in [1.82, 2.24) is 5.32 Å². The Morgan fingerprint density at radius 2 is 2.00 bits per heavy atom. The Morgan fingerprint density at radius 3 is 2.62 bits per heavy atom. The molecule has 0 aromatic heterocycles. The molecule has 0 spiro atoms. The monoisotopic (exact) mass is 303 g/mol. The van der Waals surface area contributed by atoms with Gasteiger partial charge in [-0.15, -0.1) is 0 Å². The Kier molecular flexibility index (Phi) is 6.48. The first-order chi connectivity index (χ1) is 9.84. The van der Waals surface area contributed by atoms with Crippen LogP contribution in [0.2, 0.25) is 0 Å². The quantitative estimate of drug-likeness (QED) is 0.706. The first-order valence-electron chi connectivity index (χ1n) is 6.75. The highest BCUT2D eigenvalue weighted by atomic mass is 19.4. The summed E-state index contributed by atoms with van der Waals surface area (Å²) in [5.74, 6) is 0.362. The first kappa shape index (κ1) is 17.3. The minimum atomic E-state index is -4.50. The Balaban J connectivity index is 2.49. The summed E-state index contributed by atoms with van der Waals surface area (Å²) in [5, 5.41) is 4.76. The van der Waals surface area contributed by atoms with E-state index in [-0.39, 0.29) is 5.69 Å². The Hall–Kier alpha value is -1.76. The minimum absolute atomic E-state index is 0.252. The molecular weight excluding hydrogens is 283 g/mol. The van der Waals surface area contributed by atoms with Gasteiger partial charge in [0.15, 0.2) is 0 Å². The number of amides is 2. The molecule has 0 saturated heterocycles. The van der Waals surface area contributed by atoms with E-state index in [9.17, 15) is 18.0 Å². The summed E-state index contributed by atoms with van der Waals surface area (Å²) in [6.45, 7) is 2.97. The van der Waals surface area contributed by atoms with Crippen LogP contribution >= 0.6 is 0 Å². The molecule has 0 saturated carbocycles. The maximum absolute atomic E-state index is 12.7. The van der Waals surface area contributed by atoms with Gasteiger partial charge in [-0.25, -0.2) is 4.79 Å². The van der Waals surface area contributed by atoms with Gasteiger partial charge in [-0.1, -0.05) is 19.1 Å². The van der Waals surface area contributed by atoms with E-state index in [4.69, 9.17) is 5.73 Å². The lowest BCUT2D eigenvalue weighted by Crippen LogP contribution is -2.30. The molecule has 1 atom stereocenters. The van der Waals surface area contributed by atoms with Crippen molar-refractivity contribution >= 4 is 11.7 Å². The van der Waals surface area contributed by atoms with E-state index in [1.807, 2.05) is 6.92 Å². The second-order valence-corrected chi connectivity index (χ2v) is 4.91. The Labute approximate surface area is 121 Å². The predicted molar refractivity (Wildman–Crippen MR) is 75.9 cm³/mol. The average molecular weight is 303 g/mol. The molecule has 1 aromatic rings. The number of para-hydroxylation sites is 1. The number of rotatable bonds is 6. The van der Waals surface area contributed by atoms with Gasteiger partial charge < -0.3 is 16.4 Å². The molecule has 21 heavy (non-hydrogen) atoms. The van der Waals surface area contributed by atoms with Crippen molar-refractivity contribution in [2.75, 3.05) is 18.4 Å². The van der Waals surface area contributed by atoms with Crippen LogP contribution in [0.15, 0.2) is 24.3 Å². The maximum Gasteiger partial charge on any atom is 0.418 e. The van der Waals surface area contributed by atoms with Crippen molar-refractivity contribution in [3.8, 4) is 0 Å². The SMILES string of the molecule is CC(CN)CCCNC(=O)Nc1ccccc1C(F)(F)F. The van der Waals surface area contributed by atoms with Gasteiger partial charge in [-0.2, -0.15) is 13.2 Å². The van der Waals surface area contributed by atoms with E-state index in [1.54, 1.807) is 0 Å². The van der Waals surface area contributed by atoms with Crippen molar-refractivity contribution in [3.63, 3.8) is 0 Å². The lowest BCUT2D eigenvalue weighted by atomic mass is 10.1. The number of benzene rings is 1. The van der Waals surface area contributed by atoms with Gasteiger partial charge in [0.25, 0.3) is 0 Å². The minimum Gasteiger partial charge on any atom is -0.338 e. The Bertz CT molecular complexity index is 463. The van der Waals surface area contributed by atoms with Gasteiger partial charge in [-0.05, 0) is 37.4 Å². The number of alkyl halides is 3. The molecule has 4 N–H and O–H groups in total. The molecule has 0 aliphatic carbocycles. The number of nitrogens with one attached hydrogen (secondary N) is 2. The fourth-order valence-corrected chi connectivity index (χ4v) is 1.78. The zero-order valence-corrected chi connectivity index (χ0v) is 11.8. The van der Waals surface area contributed by atoms with Crippen molar-refractivity contribution < 1.29 is 18.0 Å². The third kappa shape index (κ3) is 6.03. The average Bonchev–Trinajstić information content (AvgIpc) is 2.42. The number of halogens is 3. The van der Waals surface area contributed by atoms with Crippen LogP contribution < -0.4 is 16.4 Å². The van der Waals surface area contributed by atoms with Crippen LogP contribution in [-0.4, -0.2) is 19.1 Å². The molecule has 0 fully saturated rings. The molecule has 0 aliphatic heterocycles. The summed E-state index contributed by atoms with van der Waals surface area (Å²) in [6, 6.07) is 4.22. The molecule has 0 radical (unpaired) electrons. The van der Waals surface area contributed by atoms with Gasteiger partial charge in [0.05, 0.1) is 11.3 Å². The topological polar surface area (TPSA) is 67.1 Å².